The van der Waals surface area contributed by atoms with E-state index >= 15 is 0 Å². The Morgan fingerprint density at radius 1 is 1.09 bits per heavy atom. The number of benzene rings is 2. The zero-order valence-electron chi connectivity index (χ0n) is 12.4. The van der Waals surface area contributed by atoms with Gasteiger partial charge in [-0.1, -0.05) is 17.7 Å². The van der Waals surface area contributed by atoms with E-state index in [9.17, 15) is 13.2 Å². The molecule has 0 aliphatic carbocycles. The minimum atomic E-state index is -3.28. The van der Waals surface area contributed by atoms with Crippen LogP contribution in [-0.4, -0.2) is 33.9 Å². The van der Waals surface area contributed by atoms with Gasteiger partial charge in [0.05, 0.1) is 10.5 Å². The molecule has 0 aromatic heterocycles. The molecule has 0 radical (unpaired) electrons. The van der Waals surface area contributed by atoms with Crippen LogP contribution in [0.4, 0.5) is 0 Å². The number of hydrogen-bond donors (Lipinski definition) is 0. The van der Waals surface area contributed by atoms with Crippen molar-refractivity contribution >= 4 is 27.4 Å². The number of carbonyl (C=O) groups is 1. The highest BCUT2D eigenvalue weighted by Gasteiger charge is 2.10. The molecule has 0 bridgehead atoms. The molecule has 0 saturated heterocycles. The number of sulfone groups is 1. The van der Waals surface area contributed by atoms with Crippen LogP contribution in [0.1, 0.15) is 10.4 Å². The minimum Gasteiger partial charge on any atom is -0.490 e. The van der Waals surface area contributed by atoms with E-state index in [1.54, 1.807) is 24.3 Å². The van der Waals surface area contributed by atoms with E-state index in [-0.39, 0.29) is 23.7 Å². The van der Waals surface area contributed by atoms with Gasteiger partial charge in [0, 0.05) is 11.3 Å². The van der Waals surface area contributed by atoms with Crippen molar-refractivity contribution < 1.29 is 22.7 Å². The van der Waals surface area contributed by atoms with E-state index in [1.807, 2.05) is 0 Å². The summed E-state index contributed by atoms with van der Waals surface area (Å²) in [6.45, 7) is 0.257. The van der Waals surface area contributed by atoms with Crippen molar-refractivity contribution in [2.45, 2.75) is 4.90 Å². The molecule has 0 amide bonds. The summed E-state index contributed by atoms with van der Waals surface area (Å²) in [5.74, 6) is 0.0470. The first-order valence-corrected chi connectivity index (χ1v) is 8.99. The van der Waals surface area contributed by atoms with Crippen LogP contribution in [0.2, 0.25) is 5.02 Å². The summed E-state index contributed by atoms with van der Waals surface area (Å²) in [5, 5.41) is 0.561. The average Bonchev–Trinajstić information content (AvgIpc) is 2.51. The number of ether oxygens (including phenoxy) is 2. The molecule has 0 atom stereocenters. The third-order valence-corrected chi connectivity index (χ3v) is 4.26. The second-order valence-corrected chi connectivity index (χ2v) is 7.19. The zero-order chi connectivity index (χ0) is 16.9. The van der Waals surface area contributed by atoms with Gasteiger partial charge in [0.2, 0.25) is 0 Å². The van der Waals surface area contributed by atoms with E-state index in [1.165, 1.54) is 24.3 Å². The largest absolute Gasteiger partial charge is 0.490 e. The molecule has 0 unspecified atom stereocenters. The molecule has 0 heterocycles. The van der Waals surface area contributed by atoms with Gasteiger partial charge < -0.3 is 9.47 Å². The fourth-order valence-electron chi connectivity index (χ4n) is 1.77. The average molecular weight is 355 g/mol. The highest BCUT2D eigenvalue weighted by atomic mass is 35.5. The lowest BCUT2D eigenvalue weighted by Crippen LogP contribution is -2.12. The fraction of sp³-hybridized carbons (Fsp3) is 0.188. The molecular formula is C16H15ClO5S. The molecule has 2 rings (SSSR count). The lowest BCUT2D eigenvalue weighted by Gasteiger charge is -2.08. The molecule has 0 aliphatic rings. The van der Waals surface area contributed by atoms with Gasteiger partial charge in [0.15, 0.2) is 9.84 Å². The Balaban J connectivity index is 1.83. The molecule has 0 N–H and O–H groups in total. The normalized spacial score (nSPS) is 11.0. The van der Waals surface area contributed by atoms with Crippen LogP contribution in [-0.2, 0) is 14.6 Å². The van der Waals surface area contributed by atoms with Crippen LogP contribution in [0.25, 0.3) is 0 Å². The van der Waals surface area contributed by atoms with Gasteiger partial charge >= 0.3 is 5.97 Å². The maximum absolute atomic E-state index is 11.8. The minimum absolute atomic E-state index is 0.0686. The first-order chi connectivity index (χ1) is 10.9. The maximum atomic E-state index is 11.8. The van der Waals surface area contributed by atoms with Crippen LogP contribution in [0, 0.1) is 0 Å². The summed E-state index contributed by atoms with van der Waals surface area (Å²) in [6, 6.07) is 12.5. The van der Waals surface area contributed by atoms with Crippen molar-refractivity contribution in [3.05, 3.63) is 59.1 Å². The van der Waals surface area contributed by atoms with E-state index < -0.39 is 15.8 Å². The monoisotopic (exact) mass is 354 g/mol. The summed E-state index contributed by atoms with van der Waals surface area (Å²) in [7, 11) is -3.28. The Hall–Kier alpha value is -2.05. The predicted molar refractivity (Wildman–Crippen MR) is 86.8 cm³/mol. The quantitative estimate of drug-likeness (QED) is 0.589. The molecule has 2 aromatic carbocycles. The molecular weight excluding hydrogens is 340 g/mol. The van der Waals surface area contributed by atoms with Crippen molar-refractivity contribution in [2.24, 2.45) is 0 Å². The Bertz CT molecular complexity index is 784. The van der Waals surface area contributed by atoms with Gasteiger partial charge in [-0.25, -0.2) is 13.2 Å². The summed E-state index contributed by atoms with van der Waals surface area (Å²) in [4.78, 5) is 12.0. The van der Waals surface area contributed by atoms with Crippen molar-refractivity contribution in [1.29, 1.82) is 0 Å². The number of rotatable bonds is 6. The smallest absolute Gasteiger partial charge is 0.338 e. The number of hydrogen-bond acceptors (Lipinski definition) is 5. The highest BCUT2D eigenvalue weighted by Crippen LogP contribution is 2.17. The van der Waals surface area contributed by atoms with Crippen molar-refractivity contribution in [1.82, 2.24) is 0 Å². The van der Waals surface area contributed by atoms with Gasteiger partial charge in [-0.2, -0.15) is 0 Å². The topological polar surface area (TPSA) is 69.7 Å². The third kappa shape index (κ3) is 5.26. The highest BCUT2D eigenvalue weighted by molar-refractivity contribution is 7.90. The van der Waals surface area contributed by atoms with Crippen LogP contribution in [0.3, 0.4) is 0 Å². The van der Waals surface area contributed by atoms with Gasteiger partial charge in [0.25, 0.3) is 0 Å². The second kappa shape index (κ2) is 7.48. The molecule has 2 aromatic rings. The van der Waals surface area contributed by atoms with Crippen LogP contribution >= 0.6 is 11.6 Å². The summed E-state index contributed by atoms with van der Waals surface area (Å²) >= 11 is 5.82. The van der Waals surface area contributed by atoms with E-state index in [0.29, 0.717) is 10.8 Å². The van der Waals surface area contributed by atoms with E-state index in [0.717, 1.165) is 6.26 Å². The maximum Gasteiger partial charge on any atom is 0.338 e. The van der Waals surface area contributed by atoms with Crippen molar-refractivity contribution in [3.63, 3.8) is 0 Å². The third-order valence-electron chi connectivity index (χ3n) is 2.90. The summed E-state index contributed by atoms with van der Waals surface area (Å²) in [6.07, 6.45) is 1.10. The van der Waals surface area contributed by atoms with Gasteiger partial charge in [-0.15, -0.1) is 0 Å². The molecule has 0 saturated carbocycles. The molecule has 122 valence electrons. The van der Waals surface area contributed by atoms with Crippen molar-refractivity contribution in [3.8, 4) is 5.75 Å². The van der Waals surface area contributed by atoms with Gasteiger partial charge in [-0.3, -0.25) is 0 Å². The van der Waals surface area contributed by atoms with Crippen LogP contribution in [0.5, 0.6) is 5.75 Å². The van der Waals surface area contributed by atoms with Crippen LogP contribution < -0.4 is 4.74 Å². The Labute approximate surface area is 139 Å². The molecule has 7 heteroatoms. The lowest BCUT2D eigenvalue weighted by atomic mass is 10.2. The number of esters is 1. The van der Waals surface area contributed by atoms with Gasteiger partial charge in [0.1, 0.15) is 19.0 Å². The zero-order valence-corrected chi connectivity index (χ0v) is 13.9. The van der Waals surface area contributed by atoms with Crippen molar-refractivity contribution in [2.75, 3.05) is 19.5 Å². The Morgan fingerprint density at radius 2 is 1.78 bits per heavy atom. The predicted octanol–water partition coefficient (Wildman–Crippen LogP) is 2.98. The number of carbonyl (C=O) groups excluding carboxylic acids is 1. The van der Waals surface area contributed by atoms with Crippen LogP contribution in [0.15, 0.2) is 53.4 Å². The Morgan fingerprint density at radius 3 is 2.39 bits per heavy atom. The summed E-state index contributed by atoms with van der Waals surface area (Å²) in [5.41, 5.74) is 0.278. The first-order valence-electron chi connectivity index (χ1n) is 6.72. The molecule has 0 spiro atoms. The molecule has 0 aliphatic heterocycles. The first kappa shape index (κ1) is 17.3. The molecule has 0 fully saturated rings. The standard InChI is InChI=1S/C16H15ClO5S/c1-23(19,20)15-7-5-12(6-8-15)16(18)22-10-9-21-14-4-2-3-13(17)11-14/h2-8,11H,9-10H2,1H3. The second-order valence-electron chi connectivity index (χ2n) is 4.74. The molecule has 5 nitrogen and oxygen atoms in total. The number of halogens is 1. The molecule has 23 heavy (non-hydrogen) atoms. The lowest BCUT2D eigenvalue weighted by molar-refractivity contribution is 0.0450. The SMILES string of the molecule is CS(=O)(=O)c1ccc(C(=O)OCCOc2cccc(Cl)c2)cc1. The Kier molecular flexibility index (Phi) is 5.63. The van der Waals surface area contributed by atoms with Gasteiger partial charge in [-0.05, 0) is 42.5 Å². The fourth-order valence-corrected chi connectivity index (χ4v) is 2.58. The van der Waals surface area contributed by atoms with E-state index in [2.05, 4.69) is 0 Å². The summed E-state index contributed by atoms with van der Waals surface area (Å²) < 4.78 is 33.1. The van der Waals surface area contributed by atoms with E-state index in [4.69, 9.17) is 21.1 Å².